The van der Waals surface area contributed by atoms with Gasteiger partial charge >= 0.3 is 0 Å². The zero-order valence-electron chi connectivity index (χ0n) is 20.2. The summed E-state index contributed by atoms with van der Waals surface area (Å²) in [6.07, 6.45) is -0.0681. The number of phenols is 2. The summed E-state index contributed by atoms with van der Waals surface area (Å²) in [7, 11) is -2.21. The van der Waals surface area contributed by atoms with Crippen molar-refractivity contribution in [2.75, 3.05) is 18.0 Å². The molecule has 5 rings (SSSR count). The Hall–Kier alpha value is -3.49. The topological polar surface area (TPSA) is 96.3 Å². The van der Waals surface area contributed by atoms with Gasteiger partial charge in [0.2, 0.25) is 10.0 Å². The van der Waals surface area contributed by atoms with Crippen LogP contribution in [0.15, 0.2) is 72.8 Å². The minimum Gasteiger partial charge on any atom is -0.508 e. The van der Waals surface area contributed by atoms with Gasteiger partial charge in [-0.3, -0.25) is 4.31 Å². The van der Waals surface area contributed by atoms with Crippen molar-refractivity contribution in [1.29, 1.82) is 0 Å². The van der Waals surface area contributed by atoms with Gasteiger partial charge in [0.25, 0.3) is 0 Å². The number of fused-ring (bicyclic) bond motifs is 2. The van der Waals surface area contributed by atoms with Gasteiger partial charge < -0.3 is 19.7 Å². The van der Waals surface area contributed by atoms with Crippen molar-refractivity contribution >= 4 is 26.9 Å². The summed E-state index contributed by atoms with van der Waals surface area (Å²) in [5, 5.41) is 18.9. The Balaban J connectivity index is 1.58. The van der Waals surface area contributed by atoms with Crippen LogP contribution in [0.25, 0.3) is 11.1 Å². The van der Waals surface area contributed by atoms with Crippen LogP contribution in [0.3, 0.4) is 0 Å². The molecule has 0 saturated carbocycles. The Bertz CT molecular complexity index is 1370. The fourth-order valence-electron chi connectivity index (χ4n) is 5.16. The maximum Gasteiger partial charge on any atom is 0.241 e. The largest absolute Gasteiger partial charge is 0.508 e. The molecule has 36 heavy (non-hydrogen) atoms. The average Bonchev–Trinajstić information content (AvgIpc) is 3.48. The molecular formula is C28H29NO6S. The monoisotopic (exact) mass is 507 g/mol. The zero-order valence-corrected chi connectivity index (χ0v) is 21.0. The summed E-state index contributed by atoms with van der Waals surface area (Å²) in [5.41, 5.74) is 3.99. The second-order valence-corrected chi connectivity index (χ2v) is 11.1. The number of methoxy groups -OCH3 is 1. The highest BCUT2D eigenvalue weighted by Gasteiger charge is 2.54. The number of nitrogens with zero attached hydrogens (tertiary/aromatic N) is 1. The molecule has 188 valence electrons. The number of ether oxygens (including phenoxy) is 2. The van der Waals surface area contributed by atoms with E-state index in [1.807, 2.05) is 19.1 Å². The molecule has 7 nitrogen and oxygen atoms in total. The van der Waals surface area contributed by atoms with Crippen LogP contribution < -0.4 is 9.04 Å². The fourth-order valence-corrected chi connectivity index (χ4v) is 7.27. The van der Waals surface area contributed by atoms with Gasteiger partial charge in [-0.05, 0) is 83.6 Å². The molecule has 0 amide bonds. The minimum atomic E-state index is -3.78. The minimum absolute atomic E-state index is 0.132. The van der Waals surface area contributed by atoms with E-state index in [-0.39, 0.29) is 11.5 Å². The summed E-state index contributed by atoms with van der Waals surface area (Å²) in [6, 6.07) is 20.7. The molecule has 0 aromatic heterocycles. The van der Waals surface area contributed by atoms with Crippen LogP contribution in [-0.4, -0.2) is 49.7 Å². The molecule has 0 radical (unpaired) electrons. The van der Waals surface area contributed by atoms with Crippen molar-refractivity contribution in [3.63, 3.8) is 0 Å². The lowest BCUT2D eigenvalue weighted by Crippen LogP contribution is -2.44. The second-order valence-electron chi connectivity index (χ2n) is 9.06. The summed E-state index contributed by atoms with van der Waals surface area (Å²) < 4.78 is 41.3. The van der Waals surface area contributed by atoms with E-state index in [9.17, 15) is 18.6 Å². The summed E-state index contributed by atoms with van der Waals surface area (Å²) in [4.78, 5) is 0. The van der Waals surface area contributed by atoms with E-state index in [1.54, 1.807) is 67.8 Å². The van der Waals surface area contributed by atoms with Crippen molar-refractivity contribution < 1.29 is 28.1 Å². The van der Waals surface area contributed by atoms with Crippen LogP contribution in [-0.2, 0) is 14.8 Å². The zero-order chi connectivity index (χ0) is 25.4. The molecule has 0 spiro atoms. The van der Waals surface area contributed by atoms with Crippen LogP contribution in [0.1, 0.15) is 30.9 Å². The maximum atomic E-state index is 14.1. The third kappa shape index (κ3) is 4.20. The van der Waals surface area contributed by atoms with Gasteiger partial charge in [0.15, 0.2) is 0 Å². The highest BCUT2D eigenvalue weighted by atomic mass is 32.2. The Labute approximate surface area is 211 Å². The summed E-state index contributed by atoms with van der Waals surface area (Å²) >= 11 is 0. The first-order chi connectivity index (χ1) is 17.3. The molecule has 2 bridgehead atoms. The molecule has 2 aliphatic heterocycles. The van der Waals surface area contributed by atoms with Gasteiger partial charge in [-0.15, -0.1) is 0 Å². The molecule has 2 heterocycles. The molecule has 2 N–H and O–H groups in total. The lowest BCUT2D eigenvalue weighted by atomic mass is 9.83. The Morgan fingerprint density at radius 2 is 1.44 bits per heavy atom. The highest BCUT2D eigenvalue weighted by molar-refractivity contribution is 7.93. The van der Waals surface area contributed by atoms with Crippen LogP contribution in [0.2, 0.25) is 0 Å². The average molecular weight is 508 g/mol. The van der Waals surface area contributed by atoms with Gasteiger partial charge in [0, 0.05) is 6.54 Å². The van der Waals surface area contributed by atoms with E-state index in [4.69, 9.17) is 9.47 Å². The van der Waals surface area contributed by atoms with Crippen LogP contribution in [0.5, 0.6) is 17.2 Å². The van der Waals surface area contributed by atoms with Crippen LogP contribution in [0, 0.1) is 0 Å². The van der Waals surface area contributed by atoms with Crippen LogP contribution >= 0.6 is 0 Å². The van der Waals surface area contributed by atoms with E-state index in [2.05, 4.69) is 0 Å². The molecule has 1 saturated heterocycles. The maximum absolute atomic E-state index is 14.1. The highest BCUT2D eigenvalue weighted by Crippen LogP contribution is 2.51. The molecule has 3 atom stereocenters. The molecule has 1 fully saturated rings. The third-order valence-corrected chi connectivity index (χ3v) is 9.04. The van der Waals surface area contributed by atoms with Crippen molar-refractivity contribution in [2.24, 2.45) is 0 Å². The Morgan fingerprint density at radius 3 is 1.97 bits per heavy atom. The number of sulfonamides is 1. The predicted molar refractivity (Wildman–Crippen MR) is 140 cm³/mol. The first-order valence-electron chi connectivity index (χ1n) is 12.0. The van der Waals surface area contributed by atoms with Crippen LogP contribution in [0.4, 0.5) is 5.69 Å². The molecular weight excluding hydrogens is 478 g/mol. The van der Waals surface area contributed by atoms with E-state index in [0.29, 0.717) is 30.8 Å². The second kappa shape index (κ2) is 9.52. The first kappa shape index (κ1) is 24.2. The predicted octanol–water partition coefficient (Wildman–Crippen LogP) is 4.80. The van der Waals surface area contributed by atoms with Gasteiger partial charge in [0.1, 0.15) is 28.6 Å². The molecule has 0 aliphatic carbocycles. The number of phenolic OH excluding ortho intramolecular Hbond substituents is 2. The smallest absolute Gasteiger partial charge is 0.241 e. The van der Waals surface area contributed by atoms with Crippen molar-refractivity contribution in [1.82, 2.24) is 0 Å². The van der Waals surface area contributed by atoms with E-state index in [1.165, 1.54) is 4.31 Å². The summed E-state index contributed by atoms with van der Waals surface area (Å²) in [6.45, 7) is 2.31. The molecule has 8 heteroatoms. The van der Waals surface area contributed by atoms with Crippen molar-refractivity contribution in [2.45, 2.75) is 37.2 Å². The van der Waals surface area contributed by atoms with Gasteiger partial charge in [-0.2, -0.15) is 0 Å². The Morgan fingerprint density at radius 1 is 0.889 bits per heavy atom. The SMILES string of the molecule is CCCN(c1ccc(OC)cc1)S(=O)(=O)C1CC2OC1C(c1ccc(O)cc1)=C2c1ccc(O)cc1. The lowest BCUT2D eigenvalue weighted by molar-refractivity contribution is 0.128. The number of hydrogen-bond donors (Lipinski definition) is 2. The van der Waals surface area contributed by atoms with E-state index >= 15 is 0 Å². The molecule has 3 unspecified atom stereocenters. The van der Waals surface area contributed by atoms with Crippen molar-refractivity contribution in [3.8, 4) is 17.2 Å². The number of benzene rings is 3. The van der Waals surface area contributed by atoms with Gasteiger partial charge in [-0.25, -0.2) is 8.42 Å². The normalized spacial score (nSPS) is 21.1. The lowest BCUT2D eigenvalue weighted by Gasteiger charge is -2.31. The van der Waals surface area contributed by atoms with Gasteiger partial charge in [0.05, 0.1) is 18.9 Å². The quantitative estimate of drug-likeness (QED) is 0.455. The first-order valence-corrected chi connectivity index (χ1v) is 13.5. The number of hydrogen-bond acceptors (Lipinski definition) is 6. The third-order valence-electron chi connectivity index (χ3n) is 6.83. The van der Waals surface area contributed by atoms with Crippen molar-refractivity contribution in [3.05, 3.63) is 83.9 Å². The van der Waals surface area contributed by atoms with E-state index < -0.39 is 27.5 Å². The number of rotatable bonds is 8. The molecule has 3 aromatic carbocycles. The number of aromatic hydroxyl groups is 2. The fraction of sp³-hybridized carbons (Fsp3) is 0.286. The summed E-state index contributed by atoms with van der Waals surface area (Å²) in [5.74, 6) is 0.948. The molecule has 3 aromatic rings. The molecule has 2 aliphatic rings. The van der Waals surface area contributed by atoms with Gasteiger partial charge in [-0.1, -0.05) is 31.2 Å². The Kier molecular flexibility index (Phi) is 6.40. The van der Waals surface area contributed by atoms with E-state index in [0.717, 1.165) is 22.3 Å². The standard InChI is InChI=1S/C28H29NO6S/c1-3-16-29(20-8-14-23(34-2)15-9-20)36(32,33)25-17-24-26(18-4-10-21(30)11-5-18)27(28(25)35-24)19-6-12-22(31)13-7-19/h4-15,24-25,28,30-31H,3,16-17H2,1-2H3. The number of anilines is 1.